The van der Waals surface area contributed by atoms with Gasteiger partial charge in [0.2, 0.25) is 5.78 Å². The Labute approximate surface area is 139 Å². The SMILES string of the molecule is Cc1cccc(OCC(=O)c2cc(C)n(C(C)(C)C)c2C)c1C. The molecule has 0 N–H and O–H groups in total. The molecule has 0 aliphatic rings. The molecule has 1 aromatic heterocycles. The van der Waals surface area contributed by atoms with Crippen molar-refractivity contribution in [3.63, 3.8) is 0 Å². The highest BCUT2D eigenvalue weighted by Crippen LogP contribution is 2.25. The lowest BCUT2D eigenvalue weighted by atomic mass is 10.1. The molecule has 1 aromatic carbocycles. The van der Waals surface area contributed by atoms with Crippen LogP contribution >= 0.6 is 0 Å². The van der Waals surface area contributed by atoms with E-state index in [1.807, 2.05) is 52.0 Å². The van der Waals surface area contributed by atoms with Gasteiger partial charge in [-0.25, -0.2) is 0 Å². The number of aromatic nitrogens is 1. The average Bonchev–Trinajstić information content (AvgIpc) is 2.75. The third-order valence-electron chi connectivity index (χ3n) is 4.32. The van der Waals surface area contributed by atoms with Crippen LogP contribution in [0.1, 0.15) is 53.6 Å². The van der Waals surface area contributed by atoms with Gasteiger partial charge in [-0.05, 0) is 71.7 Å². The predicted molar refractivity (Wildman–Crippen MR) is 94.6 cm³/mol. The molecule has 0 fully saturated rings. The van der Waals surface area contributed by atoms with Crippen molar-refractivity contribution in [3.05, 3.63) is 52.3 Å². The Morgan fingerprint density at radius 2 is 1.78 bits per heavy atom. The lowest BCUT2D eigenvalue weighted by molar-refractivity contribution is 0.0920. The maximum absolute atomic E-state index is 12.6. The van der Waals surface area contributed by atoms with Crippen LogP contribution in [0.15, 0.2) is 24.3 Å². The summed E-state index contributed by atoms with van der Waals surface area (Å²) in [5.74, 6) is 0.803. The minimum absolute atomic E-state index is 0.0227. The number of carbonyl (C=O) groups is 1. The fraction of sp³-hybridized carbons (Fsp3) is 0.450. The van der Waals surface area contributed by atoms with Gasteiger partial charge in [0, 0.05) is 22.5 Å². The van der Waals surface area contributed by atoms with E-state index in [9.17, 15) is 4.79 Å². The van der Waals surface area contributed by atoms with Crippen molar-refractivity contribution in [1.29, 1.82) is 0 Å². The number of hydrogen-bond acceptors (Lipinski definition) is 2. The Morgan fingerprint density at radius 3 is 2.35 bits per heavy atom. The molecule has 0 radical (unpaired) electrons. The summed E-state index contributed by atoms with van der Waals surface area (Å²) in [5.41, 5.74) is 5.07. The molecule has 0 unspecified atom stereocenters. The first-order chi connectivity index (χ1) is 10.6. The van der Waals surface area contributed by atoms with E-state index in [0.717, 1.165) is 28.3 Å². The molecule has 1 heterocycles. The van der Waals surface area contributed by atoms with Gasteiger partial charge in [0.15, 0.2) is 6.61 Å². The Morgan fingerprint density at radius 1 is 1.13 bits per heavy atom. The quantitative estimate of drug-likeness (QED) is 0.764. The summed E-state index contributed by atoms with van der Waals surface area (Å²) in [4.78, 5) is 12.6. The molecule has 0 spiro atoms. The van der Waals surface area contributed by atoms with E-state index in [1.165, 1.54) is 5.56 Å². The molecule has 0 aliphatic carbocycles. The van der Waals surface area contributed by atoms with Gasteiger partial charge in [0.05, 0.1) is 0 Å². The minimum atomic E-state index is -0.0410. The molecular formula is C20H27NO2. The number of carbonyl (C=O) groups excluding carboxylic acids is 1. The highest BCUT2D eigenvalue weighted by molar-refractivity contribution is 5.98. The summed E-state index contributed by atoms with van der Waals surface area (Å²) >= 11 is 0. The lowest BCUT2D eigenvalue weighted by Gasteiger charge is -2.25. The van der Waals surface area contributed by atoms with Crippen LogP contribution in [0.3, 0.4) is 0 Å². The van der Waals surface area contributed by atoms with E-state index in [1.54, 1.807) is 0 Å². The van der Waals surface area contributed by atoms with Crippen molar-refractivity contribution in [1.82, 2.24) is 4.57 Å². The molecule has 3 heteroatoms. The maximum atomic E-state index is 12.6. The van der Waals surface area contributed by atoms with Crippen LogP contribution < -0.4 is 4.74 Å². The van der Waals surface area contributed by atoms with E-state index < -0.39 is 0 Å². The topological polar surface area (TPSA) is 31.2 Å². The normalized spacial score (nSPS) is 11.6. The van der Waals surface area contributed by atoms with E-state index in [4.69, 9.17) is 4.74 Å². The van der Waals surface area contributed by atoms with Gasteiger partial charge < -0.3 is 9.30 Å². The monoisotopic (exact) mass is 313 g/mol. The van der Waals surface area contributed by atoms with Crippen LogP contribution in [0, 0.1) is 27.7 Å². The molecule has 0 saturated carbocycles. The van der Waals surface area contributed by atoms with Crippen LogP contribution in [0.25, 0.3) is 0 Å². The predicted octanol–water partition coefficient (Wildman–Crippen LogP) is 4.74. The zero-order valence-electron chi connectivity index (χ0n) is 15.3. The van der Waals surface area contributed by atoms with Crippen LogP contribution in [0.2, 0.25) is 0 Å². The lowest BCUT2D eigenvalue weighted by Crippen LogP contribution is -2.24. The van der Waals surface area contributed by atoms with Crippen LogP contribution in [-0.2, 0) is 5.54 Å². The molecular weight excluding hydrogens is 286 g/mol. The van der Waals surface area contributed by atoms with Crippen molar-refractivity contribution < 1.29 is 9.53 Å². The smallest absolute Gasteiger partial charge is 0.202 e. The third-order valence-corrected chi connectivity index (χ3v) is 4.32. The Balaban J connectivity index is 2.21. The first-order valence-electron chi connectivity index (χ1n) is 8.04. The second-order valence-electron chi connectivity index (χ2n) is 7.20. The standard InChI is InChI=1S/C20H27NO2/c1-13-9-8-10-19(15(13)3)23-12-18(22)17-11-14(2)21(16(17)4)20(5,6)7/h8-11H,12H2,1-7H3. The van der Waals surface area contributed by atoms with Crippen LogP contribution in [0.4, 0.5) is 0 Å². The first-order valence-corrected chi connectivity index (χ1v) is 8.04. The summed E-state index contributed by atoms with van der Waals surface area (Å²) < 4.78 is 7.97. The van der Waals surface area contributed by atoms with Gasteiger partial charge >= 0.3 is 0 Å². The van der Waals surface area contributed by atoms with Gasteiger partial charge in [-0.1, -0.05) is 12.1 Å². The van der Waals surface area contributed by atoms with Crippen molar-refractivity contribution in [3.8, 4) is 5.75 Å². The van der Waals surface area contributed by atoms with Crippen molar-refractivity contribution >= 4 is 5.78 Å². The fourth-order valence-electron chi connectivity index (χ4n) is 3.18. The number of rotatable bonds is 4. The van der Waals surface area contributed by atoms with E-state index in [2.05, 4.69) is 25.3 Å². The van der Waals surface area contributed by atoms with E-state index in [-0.39, 0.29) is 17.9 Å². The zero-order chi connectivity index (χ0) is 17.4. The van der Waals surface area contributed by atoms with Gasteiger partial charge in [0.25, 0.3) is 0 Å². The minimum Gasteiger partial charge on any atom is -0.485 e. The number of hydrogen-bond donors (Lipinski definition) is 0. The number of Topliss-reactive ketones (excluding diaryl/α,β-unsaturated/α-hetero) is 1. The summed E-state index contributed by atoms with van der Waals surface area (Å²) in [7, 11) is 0. The fourth-order valence-corrected chi connectivity index (χ4v) is 3.18. The molecule has 0 saturated heterocycles. The molecule has 3 nitrogen and oxygen atoms in total. The Kier molecular flexibility index (Phi) is 4.69. The summed E-state index contributed by atoms with van der Waals surface area (Å²) in [5, 5.41) is 0. The number of nitrogens with zero attached hydrogens (tertiary/aromatic N) is 1. The van der Waals surface area contributed by atoms with Gasteiger partial charge in [-0.15, -0.1) is 0 Å². The third kappa shape index (κ3) is 3.49. The van der Waals surface area contributed by atoms with E-state index in [0.29, 0.717) is 0 Å². The molecule has 0 amide bonds. The highest BCUT2D eigenvalue weighted by Gasteiger charge is 2.23. The molecule has 124 valence electrons. The van der Waals surface area contributed by atoms with Crippen molar-refractivity contribution in [2.24, 2.45) is 0 Å². The number of ketones is 1. The summed E-state index contributed by atoms with van der Waals surface area (Å²) in [6.45, 7) is 14.6. The molecule has 0 aliphatic heterocycles. The molecule has 0 atom stereocenters. The first kappa shape index (κ1) is 17.3. The average molecular weight is 313 g/mol. The van der Waals surface area contributed by atoms with Gasteiger partial charge in [0.1, 0.15) is 5.75 Å². The molecule has 0 bridgehead atoms. The molecule has 2 rings (SSSR count). The second-order valence-corrected chi connectivity index (χ2v) is 7.20. The number of aryl methyl sites for hydroxylation is 2. The van der Waals surface area contributed by atoms with Crippen molar-refractivity contribution in [2.75, 3.05) is 6.61 Å². The van der Waals surface area contributed by atoms with Gasteiger partial charge in [-0.2, -0.15) is 0 Å². The summed E-state index contributed by atoms with van der Waals surface area (Å²) in [6.07, 6.45) is 0. The molecule has 23 heavy (non-hydrogen) atoms. The zero-order valence-corrected chi connectivity index (χ0v) is 15.3. The number of ether oxygens (including phenoxy) is 1. The van der Waals surface area contributed by atoms with Crippen LogP contribution in [0.5, 0.6) is 5.75 Å². The Bertz CT molecular complexity index is 733. The summed E-state index contributed by atoms with van der Waals surface area (Å²) in [6, 6.07) is 7.87. The Hall–Kier alpha value is -2.03. The van der Waals surface area contributed by atoms with Crippen LogP contribution in [-0.4, -0.2) is 17.0 Å². The number of benzene rings is 1. The highest BCUT2D eigenvalue weighted by atomic mass is 16.5. The second kappa shape index (κ2) is 6.23. The maximum Gasteiger partial charge on any atom is 0.202 e. The van der Waals surface area contributed by atoms with E-state index >= 15 is 0 Å². The largest absolute Gasteiger partial charge is 0.485 e. The van der Waals surface area contributed by atoms with Gasteiger partial charge in [-0.3, -0.25) is 4.79 Å². The van der Waals surface area contributed by atoms with Crippen molar-refractivity contribution in [2.45, 2.75) is 54.0 Å². The molecule has 2 aromatic rings.